The van der Waals surface area contributed by atoms with E-state index in [9.17, 15) is 4.79 Å². The molecule has 2 aliphatic rings. The van der Waals surface area contributed by atoms with Crippen molar-refractivity contribution < 1.29 is 49.1 Å². The molecule has 0 unspecified atom stereocenters. The Bertz CT molecular complexity index is 1000. The Labute approximate surface area is 228 Å². The quantitative estimate of drug-likeness (QED) is 0.321. The van der Waals surface area contributed by atoms with Crippen LogP contribution in [0, 0.1) is 0 Å². The number of carbonyl (C=O) groups is 5. The molecule has 1 amide bonds. The highest BCUT2D eigenvalue weighted by Crippen LogP contribution is 2.40. The van der Waals surface area contributed by atoms with E-state index in [0.29, 0.717) is 19.8 Å². The van der Waals surface area contributed by atoms with Crippen LogP contribution in [-0.4, -0.2) is 73.1 Å². The minimum absolute atomic E-state index is 0.218. The van der Waals surface area contributed by atoms with Crippen LogP contribution in [0.15, 0.2) is 27.7 Å². The van der Waals surface area contributed by atoms with Gasteiger partial charge in [0.1, 0.15) is 11.4 Å². The number of benzene rings is 1. The van der Waals surface area contributed by atoms with Crippen molar-refractivity contribution in [2.24, 2.45) is 4.99 Å². The Morgan fingerprint density at radius 1 is 1.00 bits per heavy atom. The fourth-order valence-corrected chi connectivity index (χ4v) is 4.29. The number of aliphatic imine (C=N–C) groups is 1. The SMILES string of the molecule is CCCCC1=NC2(CCCC2)C(=O)N1Cc1ccc(Br)c(COCC)c1.O=C(O)C(=O)O.O=C(O)C(=O)O. The molecule has 0 saturated heterocycles. The number of aliphatic carboxylic acids is 4. The van der Waals surface area contributed by atoms with Crippen molar-refractivity contribution in [1.82, 2.24) is 4.90 Å². The van der Waals surface area contributed by atoms with Crippen LogP contribution < -0.4 is 0 Å². The van der Waals surface area contributed by atoms with Gasteiger partial charge in [-0.15, -0.1) is 0 Å². The van der Waals surface area contributed by atoms with E-state index in [4.69, 9.17) is 49.3 Å². The maximum absolute atomic E-state index is 13.2. The largest absolute Gasteiger partial charge is 0.473 e. The van der Waals surface area contributed by atoms with Crippen molar-refractivity contribution >= 4 is 51.5 Å². The van der Waals surface area contributed by atoms with Gasteiger partial charge in [0, 0.05) is 17.5 Å². The van der Waals surface area contributed by atoms with Crippen LogP contribution in [0.3, 0.4) is 0 Å². The number of unbranched alkanes of at least 4 members (excludes halogenated alkanes) is 1. The summed E-state index contributed by atoms with van der Waals surface area (Å²) in [7, 11) is 0. The highest BCUT2D eigenvalue weighted by molar-refractivity contribution is 9.10. The first-order valence-electron chi connectivity index (χ1n) is 12.1. The van der Waals surface area contributed by atoms with Crippen molar-refractivity contribution in [3.63, 3.8) is 0 Å². The molecule has 1 aromatic rings. The van der Waals surface area contributed by atoms with Gasteiger partial charge in [-0.25, -0.2) is 19.2 Å². The first-order chi connectivity index (χ1) is 17.9. The van der Waals surface area contributed by atoms with Gasteiger partial charge in [-0.3, -0.25) is 14.7 Å². The van der Waals surface area contributed by atoms with Crippen molar-refractivity contribution in [1.29, 1.82) is 0 Å². The number of amides is 1. The molecule has 1 aliphatic heterocycles. The Morgan fingerprint density at radius 2 is 1.55 bits per heavy atom. The minimum atomic E-state index is -1.82. The second-order valence-corrected chi connectivity index (χ2v) is 9.40. The van der Waals surface area contributed by atoms with Gasteiger partial charge in [-0.2, -0.15) is 0 Å². The number of hydrogen-bond acceptors (Lipinski definition) is 7. The molecule has 38 heavy (non-hydrogen) atoms. The molecule has 0 aromatic heterocycles. The van der Waals surface area contributed by atoms with E-state index in [1.807, 2.05) is 11.8 Å². The zero-order valence-corrected chi connectivity index (χ0v) is 22.9. The van der Waals surface area contributed by atoms with Crippen molar-refractivity contribution in [3.05, 3.63) is 33.8 Å². The van der Waals surface area contributed by atoms with Gasteiger partial charge in [-0.05, 0) is 43.4 Å². The standard InChI is InChI=1S/C21H29BrN2O2.2C2H2O4/c1-3-5-8-19-23-21(11-6-7-12-21)20(25)24(19)14-16-9-10-18(22)17(13-16)15-26-4-2;2*3-1(4)2(5)6/h9-10,13H,3-8,11-12,14-15H2,1-2H3;2*(H,3,4)(H,5,6). The maximum atomic E-state index is 13.2. The third-order valence-electron chi connectivity index (χ3n) is 5.76. The van der Waals surface area contributed by atoms with Crippen molar-refractivity contribution in [2.45, 2.75) is 77.5 Å². The summed E-state index contributed by atoms with van der Waals surface area (Å²) < 4.78 is 6.61. The highest BCUT2D eigenvalue weighted by Gasteiger charge is 2.49. The third kappa shape index (κ3) is 9.86. The van der Waals surface area contributed by atoms with E-state index in [1.54, 1.807) is 0 Å². The highest BCUT2D eigenvalue weighted by atomic mass is 79.9. The first-order valence-corrected chi connectivity index (χ1v) is 12.9. The average Bonchev–Trinajstić information content (AvgIpc) is 3.44. The number of ether oxygens (including phenoxy) is 1. The lowest BCUT2D eigenvalue weighted by atomic mass is 9.98. The van der Waals surface area contributed by atoms with Gasteiger partial charge in [0.15, 0.2) is 0 Å². The Hall–Kier alpha value is -3.32. The molecular weight excluding hydrogens is 568 g/mol. The van der Waals surface area contributed by atoms with Crippen molar-refractivity contribution in [3.8, 4) is 0 Å². The number of nitrogens with zero attached hydrogens (tertiary/aromatic N) is 2. The van der Waals surface area contributed by atoms with Crippen LogP contribution in [0.2, 0.25) is 0 Å². The van der Waals surface area contributed by atoms with E-state index in [-0.39, 0.29) is 5.91 Å². The lowest BCUT2D eigenvalue weighted by Gasteiger charge is -2.23. The van der Waals surface area contributed by atoms with E-state index in [2.05, 4.69) is 41.1 Å². The summed E-state index contributed by atoms with van der Waals surface area (Å²) in [4.78, 5) is 56.5. The van der Waals surface area contributed by atoms with Crippen LogP contribution in [0.25, 0.3) is 0 Å². The Morgan fingerprint density at radius 3 is 2.03 bits per heavy atom. The average molecular weight is 601 g/mol. The summed E-state index contributed by atoms with van der Waals surface area (Å²) in [6.45, 7) is 6.06. The lowest BCUT2D eigenvalue weighted by Crippen LogP contribution is -2.40. The number of carbonyl (C=O) groups excluding carboxylic acids is 1. The molecule has 1 aliphatic carbocycles. The van der Waals surface area contributed by atoms with Gasteiger partial charge in [0.25, 0.3) is 5.91 Å². The molecule has 1 heterocycles. The number of hydrogen-bond donors (Lipinski definition) is 4. The number of carboxylic acid groups (broad SMARTS) is 4. The predicted molar refractivity (Wildman–Crippen MR) is 139 cm³/mol. The van der Waals surface area contributed by atoms with Crippen LogP contribution in [0.1, 0.15) is 69.9 Å². The van der Waals surface area contributed by atoms with E-state index in [1.165, 1.54) is 0 Å². The molecule has 4 N–H and O–H groups in total. The Balaban J connectivity index is 0.000000503. The molecule has 1 aromatic carbocycles. The second kappa shape index (κ2) is 15.8. The summed E-state index contributed by atoms with van der Waals surface area (Å²) in [6.07, 6.45) is 7.13. The Kier molecular flexibility index (Phi) is 13.6. The summed E-state index contributed by atoms with van der Waals surface area (Å²) in [5.41, 5.74) is 1.81. The lowest BCUT2D eigenvalue weighted by molar-refractivity contribution is -0.159. The molecule has 13 heteroatoms. The van der Waals surface area contributed by atoms with E-state index in [0.717, 1.165) is 66.4 Å². The molecular formula is C25H33BrN2O10. The van der Waals surface area contributed by atoms with Crippen LogP contribution in [0.4, 0.5) is 0 Å². The van der Waals surface area contributed by atoms with Gasteiger partial charge < -0.3 is 25.2 Å². The fraction of sp³-hybridized carbons (Fsp3) is 0.520. The number of amidine groups is 1. The summed E-state index contributed by atoms with van der Waals surface area (Å²) >= 11 is 3.60. The number of carboxylic acids is 4. The monoisotopic (exact) mass is 600 g/mol. The third-order valence-corrected chi connectivity index (χ3v) is 6.53. The number of rotatable bonds is 8. The zero-order valence-electron chi connectivity index (χ0n) is 21.3. The molecule has 3 rings (SSSR count). The topological polar surface area (TPSA) is 191 Å². The molecule has 0 atom stereocenters. The smallest absolute Gasteiger partial charge is 0.414 e. The van der Waals surface area contributed by atoms with Crippen LogP contribution in [0.5, 0.6) is 0 Å². The van der Waals surface area contributed by atoms with Crippen molar-refractivity contribution in [2.75, 3.05) is 6.61 Å². The molecule has 1 spiro atoms. The fourth-order valence-electron chi connectivity index (χ4n) is 3.93. The predicted octanol–water partition coefficient (Wildman–Crippen LogP) is 3.54. The van der Waals surface area contributed by atoms with E-state index >= 15 is 0 Å². The molecule has 1 fully saturated rings. The number of halogens is 1. The zero-order chi connectivity index (χ0) is 28.9. The second-order valence-electron chi connectivity index (χ2n) is 8.55. The molecule has 0 bridgehead atoms. The maximum Gasteiger partial charge on any atom is 0.414 e. The van der Waals surface area contributed by atoms with Gasteiger partial charge in [0.2, 0.25) is 0 Å². The van der Waals surface area contributed by atoms with Gasteiger partial charge >= 0.3 is 23.9 Å². The van der Waals surface area contributed by atoms with E-state index < -0.39 is 29.4 Å². The van der Waals surface area contributed by atoms with Gasteiger partial charge in [0.05, 0.1) is 13.2 Å². The molecule has 12 nitrogen and oxygen atoms in total. The molecule has 210 valence electrons. The molecule has 0 radical (unpaired) electrons. The minimum Gasteiger partial charge on any atom is -0.473 e. The normalized spacial score (nSPS) is 15.2. The van der Waals surface area contributed by atoms with Gasteiger partial charge in [-0.1, -0.05) is 54.2 Å². The summed E-state index contributed by atoms with van der Waals surface area (Å²) in [6, 6.07) is 6.28. The van der Waals surface area contributed by atoms with Crippen LogP contribution in [-0.2, 0) is 41.9 Å². The summed E-state index contributed by atoms with van der Waals surface area (Å²) in [5, 5.41) is 29.6. The summed E-state index contributed by atoms with van der Waals surface area (Å²) in [5.74, 6) is -6.08. The first kappa shape index (κ1) is 32.7. The van der Waals surface area contributed by atoms with Crippen LogP contribution >= 0.6 is 15.9 Å². The molecule has 1 saturated carbocycles.